The number of methoxy groups -OCH3 is 1. The molecule has 16 nitrogen and oxygen atoms in total. The van der Waals surface area contributed by atoms with Crippen LogP contribution in [0.3, 0.4) is 0 Å². The zero-order valence-corrected chi connectivity index (χ0v) is 24.0. The van der Waals surface area contributed by atoms with Crippen LogP contribution >= 0.6 is 0 Å². The highest BCUT2D eigenvalue weighted by molar-refractivity contribution is 5.85. The number of imidazole rings is 2. The molecular formula is C28H30N10O6. The zero-order valence-electron chi connectivity index (χ0n) is 24.0. The van der Waals surface area contributed by atoms with E-state index in [9.17, 15) is 9.59 Å². The van der Waals surface area contributed by atoms with Crippen molar-refractivity contribution in [2.75, 3.05) is 31.8 Å². The van der Waals surface area contributed by atoms with E-state index in [1.54, 1.807) is 9.13 Å². The Morgan fingerprint density at radius 3 is 1.64 bits per heavy atom. The fraction of sp³-hybridized carbons (Fsp3) is 0.286. The minimum Gasteiger partial charge on any atom is -0.468 e. The number of Topliss-reactive ketones (excluding diaryl/α,β-unsaturated/α-hetero) is 1. The first-order chi connectivity index (χ1) is 21.4. The normalized spacial score (nSPS) is 12.4. The number of aromatic nitrogens is 8. The molecule has 1 aliphatic heterocycles. The third-order valence-corrected chi connectivity index (χ3v) is 6.48. The fourth-order valence-corrected chi connectivity index (χ4v) is 4.46. The van der Waals surface area contributed by atoms with E-state index in [2.05, 4.69) is 39.9 Å². The second kappa shape index (κ2) is 13.6. The van der Waals surface area contributed by atoms with Gasteiger partial charge in [-0.3, -0.25) is 9.59 Å². The number of ketones is 1. The highest BCUT2D eigenvalue weighted by atomic mass is 16.6. The van der Waals surface area contributed by atoms with E-state index in [0.29, 0.717) is 28.6 Å². The van der Waals surface area contributed by atoms with Gasteiger partial charge in [0.25, 0.3) is 0 Å². The van der Waals surface area contributed by atoms with E-state index < -0.39 is 5.97 Å². The van der Waals surface area contributed by atoms with Gasteiger partial charge in [0.1, 0.15) is 12.3 Å². The minimum atomic E-state index is -0.399. The number of anilines is 2. The van der Waals surface area contributed by atoms with Crippen LogP contribution in [0.2, 0.25) is 0 Å². The van der Waals surface area contributed by atoms with Crippen molar-refractivity contribution in [1.29, 1.82) is 0 Å². The van der Waals surface area contributed by atoms with Crippen molar-refractivity contribution in [3.8, 4) is 23.0 Å². The lowest BCUT2D eigenvalue weighted by molar-refractivity contribution is -0.141. The van der Waals surface area contributed by atoms with E-state index in [1.165, 1.54) is 26.9 Å². The van der Waals surface area contributed by atoms with E-state index in [4.69, 9.17) is 20.9 Å². The Morgan fingerprint density at radius 2 is 1.25 bits per heavy atom. The van der Waals surface area contributed by atoms with Crippen LogP contribution in [-0.4, -0.2) is 71.8 Å². The van der Waals surface area contributed by atoms with E-state index in [1.807, 2.05) is 48.5 Å². The van der Waals surface area contributed by atoms with Crippen LogP contribution in [-0.2, 0) is 32.2 Å². The molecule has 7 rings (SSSR count). The first-order valence-electron chi connectivity index (χ1n) is 13.6. The van der Waals surface area contributed by atoms with Crippen LogP contribution in [0.15, 0.2) is 57.8 Å². The number of hydrogen-bond donors (Lipinski definition) is 2. The predicted octanol–water partition coefficient (Wildman–Crippen LogP) is 2.90. The molecule has 0 aliphatic carbocycles. The average Bonchev–Trinajstić information content (AvgIpc) is 3.86. The summed E-state index contributed by atoms with van der Waals surface area (Å²) in [7, 11) is 1.33. The fourth-order valence-electron chi connectivity index (χ4n) is 4.46. The lowest BCUT2D eigenvalue weighted by Gasteiger charge is -2.05. The van der Waals surface area contributed by atoms with Crippen molar-refractivity contribution in [3.05, 3.63) is 48.5 Å². The second-order valence-electron chi connectivity index (χ2n) is 9.61. The number of nitrogens with two attached hydrogens (primary N) is 2. The summed E-state index contributed by atoms with van der Waals surface area (Å²) in [5, 5.41) is 14.5. The molecule has 2 aromatic carbocycles. The molecule has 0 amide bonds. The van der Waals surface area contributed by atoms with Crippen LogP contribution in [0.25, 0.3) is 45.1 Å². The van der Waals surface area contributed by atoms with Gasteiger partial charge in [-0.2, -0.15) is 0 Å². The smallest absolute Gasteiger partial charge is 0.325 e. The Labute approximate surface area is 249 Å². The molecule has 1 fully saturated rings. The molecule has 0 spiro atoms. The Morgan fingerprint density at radius 1 is 0.773 bits per heavy atom. The summed E-state index contributed by atoms with van der Waals surface area (Å²) >= 11 is 0. The van der Waals surface area contributed by atoms with Gasteiger partial charge < -0.3 is 30.1 Å². The first kappa shape index (κ1) is 29.8. The first-order valence-corrected chi connectivity index (χ1v) is 13.6. The maximum atomic E-state index is 11.6. The number of hydrogen-bond acceptors (Lipinski definition) is 14. The molecule has 1 aliphatic rings. The van der Waals surface area contributed by atoms with Crippen LogP contribution in [0.5, 0.6) is 0 Å². The maximum Gasteiger partial charge on any atom is 0.325 e. The standard InChI is InChI=1S/C12H11N5O3.C12H11N5O2.C4H8O/c1-19-9(18)6-17-8-5-3-2-4-7(8)14-12(17)10-11(13)16-20-15-10;1-7(18)6-17-9-5-3-2-4-8(9)14-12(17)10-11(13)16-19-15-10;1-2-4-5-3-1/h2-5H,6H2,1H3,(H2,13,16);2-5H,6H2,1H3,(H2,13,16);1-4H2. The number of rotatable bonds is 6. The molecular weight excluding hydrogens is 572 g/mol. The average molecular weight is 603 g/mol. The Kier molecular flexibility index (Phi) is 9.19. The number of benzene rings is 2. The third kappa shape index (κ3) is 6.54. The number of carbonyl (C=O) groups is 2. The number of para-hydroxylation sites is 4. The summed E-state index contributed by atoms with van der Waals surface area (Å²) < 4.78 is 22.2. The Bertz CT molecular complexity index is 1880. The van der Waals surface area contributed by atoms with Gasteiger partial charge in [0.05, 0.1) is 35.7 Å². The van der Waals surface area contributed by atoms with Crippen LogP contribution in [0, 0.1) is 0 Å². The van der Waals surface area contributed by atoms with E-state index in [0.717, 1.165) is 29.8 Å². The van der Waals surface area contributed by atoms with Crippen molar-refractivity contribution >= 4 is 45.5 Å². The van der Waals surface area contributed by atoms with Crippen LogP contribution in [0.4, 0.5) is 11.6 Å². The number of carbonyl (C=O) groups excluding carboxylic acids is 2. The number of nitrogen functional groups attached to an aromatic ring is 2. The molecule has 1 saturated heterocycles. The lowest BCUT2D eigenvalue weighted by atomic mass is 10.3. The predicted molar refractivity (Wildman–Crippen MR) is 158 cm³/mol. The highest BCUT2D eigenvalue weighted by Gasteiger charge is 2.21. The summed E-state index contributed by atoms with van der Waals surface area (Å²) in [6.07, 6.45) is 2.56. The maximum absolute atomic E-state index is 11.6. The zero-order chi connectivity index (χ0) is 31.1. The monoisotopic (exact) mass is 602 g/mol. The van der Waals surface area contributed by atoms with Gasteiger partial charge in [0.15, 0.2) is 34.7 Å². The van der Waals surface area contributed by atoms with Crippen molar-refractivity contribution in [1.82, 2.24) is 39.7 Å². The van der Waals surface area contributed by atoms with Crippen molar-refractivity contribution in [2.24, 2.45) is 0 Å². The molecule has 0 saturated carbocycles. The van der Waals surface area contributed by atoms with Gasteiger partial charge in [-0.05, 0) is 64.7 Å². The van der Waals surface area contributed by atoms with E-state index >= 15 is 0 Å². The summed E-state index contributed by atoms with van der Waals surface area (Å²) in [6.45, 7) is 3.71. The van der Waals surface area contributed by atoms with Crippen molar-refractivity contribution in [3.63, 3.8) is 0 Å². The number of esters is 1. The summed E-state index contributed by atoms with van der Waals surface area (Å²) in [4.78, 5) is 31.8. The topological polar surface area (TPSA) is 218 Å². The quantitative estimate of drug-likeness (QED) is 0.262. The molecule has 0 atom stereocenters. The van der Waals surface area contributed by atoms with Crippen molar-refractivity contribution in [2.45, 2.75) is 32.9 Å². The molecule has 16 heteroatoms. The molecule has 0 unspecified atom stereocenters. The molecule has 4 aromatic heterocycles. The second-order valence-corrected chi connectivity index (χ2v) is 9.61. The summed E-state index contributed by atoms with van der Waals surface area (Å²) in [5.74, 6) is 0.779. The highest BCUT2D eigenvalue weighted by Crippen LogP contribution is 2.27. The Balaban J connectivity index is 0.000000151. The molecule has 5 heterocycles. The molecule has 0 bridgehead atoms. The van der Waals surface area contributed by atoms with Gasteiger partial charge in [-0.1, -0.05) is 24.3 Å². The molecule has 4 N–H and O–H groups in total. The number of ether oxygens (including phenoxy) is 2. The Hall–Kier alpha value is -5.64. The van der Waals surface area contributed by atoms with E-state index in [-0.39, 0.29) is 30.5 Å². The largest absolute Gasteiger partial charge is 0.468 e. The molecule has 0 radical (unpaired) electrons. The van der Waals surface area contributed by atoms with Gasteiger partial charge in [-0.25, -0.2) is 19.2 Å². The summed E-state index contributed by atoms with van der Waals surface area (Å²) in [5.41, 5.74) is 15.1. The van der Waals surface area contributed by atoms with Gasteiger partial charge in [0.2, 0.25) is 0 Å². The van der Waals surface area contributed by atoms with Crippen molar-refractivity contribution < 1.29 is 28.3 Å². The van der Waals surface area contributed by atoms with Gasteiger partial charge in [0, 0.05) is 13.2 Å². The molecule has 6 aromatic rings. The summed E-state index contributed by atoms with van der Waals surface area (Å²) in [6, 6.07) is 14.9. The van der Waals surface area contributed by atoms with Crippen LogP contribution in [0.1, 0.15) is 19.8 Å². The number of fused-ring (bicyclic) bond motifs is 2. The molecule has 44 heavy (non-hydrogen) atoms. The van der Waals surface area contributed by atoms with Crippen LogP contribution < -0.4 is 11.5 Å². The SMILES string of the molecule is C1CCOC1.CC(=O)Cn1c(-c2nonc2N)nc2ccccc21.COC(=O)Cn1c(-c2nonc2N)nc2ccccc21. The molecule has 228 valence electrons. The lowest BCUT2D eigenvalue weighted by Crippen LogP contribution is -2.13. The van der Waals surface area contributed by atoms with Gasteiger partial charge in [-0.15, -0.1) is 0 Å². The third-order valence-electron chi connectivity index (χ3n) is 6.48. The van der Waals surface area contributed by atoms with Gasteiger partial charge >= 0.3 is 5.97 Å². The number of nitrogens with zero attached hydrogens (tertiary/aromatic N) is 8. The minimum absolute atomic E-state index is 0.00134.